The van der Waals surface area contributed by atoms with Gasteiger partial charge < -0.3 is 24.6 Å². The first-order chi connectivity index (χ1) is 16.6. The van der Waals surface area contributed by atoms with Crippen molar-refractivity contribution in [3.8, 4) is 16.2 Å². The van der Waals surface area contributed by atoms with Crippen LogP contribution in [0.3, 0.4) is 0 Å². The summed E-state index contributed by atoms with van der Waals surface area (Å²) < 4.78 is 10.3. The lowest BCUT2D eigenvalue weighted by Gasteiger charge is -2.35. The van der Waals surface area contributed by atoms with Crippen molar-refractivity contribution in [1.82, 2.24) is 9.88 Å². The maximum Gasteiger partial charge on any atom is 0.264 e. The van der Waals surface area contributed by atoms with Gasteiger partial charge in [0.05, 0.1) is 23.4 Å². The summed E-state index contributed by atoms with van der Waals surface area (Å²) in [6.07, 6.45) is 1.63. The summed E-state index contributed by atoms with van der Waals surface area (Å²) in [5, 5.41) is 2.73. The molecule has 3 aromatic rings. The number of anilines is 2. The van der Waals surface area contributed by atoms with Crippen LogP contribution in [0.25, 0.3) is 10.4 Å². The van der Waals surface area contributed by atoms with E-state index in [9.17, 15) is 9.59 Å². The molecule has 0 unspecified atom stereocenters. The van der Waals surface area contributed by atoms with Crippen LogP contribution in [0.5, 0.6) is 5.75 Å². The number of rotatable bonds is 8. The normalized spacial score (nSPS) is 13.6. The van der Waals surface area contributed by atoms with Gasteiger partial charge in [-0.3, -0.25) is 9.59 Å². The van der Waals surface area contributed by atoms with Gasteiger partial charge in [-0.1, -0.05) is 0 Å². The van der Waals surface area contributed by atoms with Crippen molar-refractivity contribution >= 4 is 34.7 Å². The predicted octanol–water partition coefficient (Wildman–Crippen LogP) is 3.76. The molecule has 0 bridgehead atoms. The van der Waals surface area contributed by atoms with Gasteiger partial charge in [-0.15, -0.1) is 11.3 Å². The van der Waals surface area contributed by atoms with Gasteiger partial charge in [0.1, 0.15) is 18.2 Å². The van der Waals surface area contributed by atoms with Gasteiger partial charge in [0.25, 0.3) is 5.91 Å². The molecule has 3 heterocycles. The number of ether oxygens (including phenoxy) is 2. The highest BCUT2D eigenvalue weighted by molar-refractivity contribution is 7.17. The van der Waals surface area contributed by atoms with Gasteiger partial charge in [0, 0.05) is 38.2 Å². The fourth-order valence-electron chi connectivity index (χ4n) is 3.76. The van der Waals surface area contributed by atoms with Gasteiger partial charge >= 0.3 is 0 Å². The van der Waals surface area contributed by atoms with E-state index in [-0.39, 0.29) is 18.4 Å². The number of aromatic nitrogens is 1. The maximum atomic E-state index is 13.1. The Hall–Kier alpha value is -3.43. The molecule has 1 saturated heterocycles. The first-order valence-corrected chi connectivity index (χ1v) is 12.0. The van der Waals surface area contributed by atoms with E-state index in [2.05, 4.69) is 15.2 Å². The molecule has 0 aliphatic carbocycles. The fourth-order valence-corrected chi connectivity index (χ4v) is 4.74. The summed E-state index contributed by atoms with van der Waals surface area (Å²) in [7, 11) is 1.48. The number of pyridine rings is 1. The monoisotopic (exact) mass is 480 g/mol. The molecule has 1 aliphatic rings. The number of hydrogen-bond acceptors (Lipinski definition) is 7. The summed E-state index contributed by atoms with van der Waals surface area (Å²) in [6.45, 7) is 5.26. The highest BCUT2D eigenvalue weighted by Gasteiger charge is 2.24. The number of methoxy groups -OCH3 is 1. The molecular weight excluding hydrogens is 452 g/mol. The first kappa shape index (κ1) is 23.7. The molecule has 1 aliphatic heterocycles. The Bertz CT molecular complexity index is 1110. The average molecular weight is 481 g/mol. The van der Waals surface area contributed by atoms with Crippen LogP contribution in [0.1, 0.15) is 16.6 Å². The first-order valence-electron chi connectivity index (χ1n) is 11.2. The van der Waals surface area contributed by atoms with Gasteiger partial charge in [-0.05, 0) is 61.0 Å². The summed E-state index contributed by atoms with van der Waals surface area (Å²) in [5.41, 5.74) is 1.70. The van der Waals surface area contributed by atoms with E-state index in [1.54, 1.807) is 6.20 Å². The van der Waals surface area contributed by atoms with Crippen molar-refractivity contribution in [3.63, 3.8) is 0 Å². The minimum atomic E-state index is -0.219. The van der Waals surface area contributed by atoms with E-state index in [1.165, 1.54) is 18.4 Å². The Morgan fingerprint density at radius 2 is 1.79 bits per heavy atom. The number of amides is 2. The summed E-state index contributed by atoms with van der Waals surface area (Å²) in [5.74, 6) is 1.51. The highest BCUT2D eigenvalue weighted by Crippen LogP contribution is 2.30. The zero-order valence-electron chi connectivity index (χ0n) is 19.3. The van der Waals surface area contributed by atoms with Crippen LogP contribution in [-0.4, -0.2) is 68.2 Å². The summed E-state index contributed by atoms with van der Waals surface area (Å²) >= 11 is 1.51. The molecule has 8 nitrogen and oxygen atoms in total. The van der Waals surface area contributed by atoms with E-state index < -0.39 is 0 Å². The topological polar surface area (TPSA) is 84.0 Å². The lowest BCUT2D eigenvalue weighted by Crippen LogP contribution is -2.48. The second kappa shape index (κ2) is 11.1. The molecule has 1 fully saturated rings. The van der Waals surface area contributed by atoms with Crippen molar-refractivity contribution < 1.29 is 19.1 Å². The summed E-state index contributed by atoms with van der Waals surface area (Å²) in [4.78, 5) is 35.0. The van der Waals surface area contributed by atoms with Crippen molar-refractivity contribution in [2.24, 2.45) is 0 Å². The van der Waals surface area contributed by atoms with Crippen molar-refractivity contribution in [2.45, 2.75) is 6.92 Å². The zero-order valence-corrected chi connectivity index (χ0v) is 20.1. The Morgan fingerprint density at radius 1 is 1.03 bits per heavy atom. The van der Waals surface area contributed by atoms with Gasteiger partial charge in [-0.2, -0.15) is 0 Å². The molecule has 1 aromatic carbocycles. The van der Waals surface area contributed by atoms with E-state index in [0.29, 0.717) is 38.5 Å². The molecule has 0 saturated carbocycles. The lowest BCUT2D eigenvalue weighted by molar-refractivity contribution is -0.119. The molecule has 4 rings (SSSR count). The SMILES string of the molecule is CCOc1ccc(-c2ccc(C(=O)N3CCN(c4ccc(NC(=O)COC)cn4)CC3)s2)cc1. The van der Waals surface area contributed by atoms with Crippen LogP contribution in [0.2, 0.25) is 0 Å². The number of carbonyl (C=O) groups excluding carboxylic acids is 2. The predicted molar refractivity (Wildman–Crippen MR) is 134 cm³/mol. The third-order valence-electron chi connectivity index (χ3n) is 5.46. The molecule has 0 atom stereocenters. The third kappa shape index (κ3) is 5.73. The lowest BCUT2D eigenvalue weighted by atomic mass is 10.2. The molecule has 178 valence electrons. The number of carbonyl (C=O) groups is 2. The third-order valence-corrected chi connectivity index (χ3v) is 6.59. The quantitative estimate of drug-likeness (QED) is 0.529. The smallest absolute Gasteiger partial charge is 0.264 e. The molecule has 1 N–H and O–H groups in total. The van der Waals surface area contributed by atoms with E-state index in [1.807, 2.05) is 60.4 Å². The molecule has 0 spiro atoms. The minimum Gasteiger partial charge on any atom is -0.494 e. The molecule has 9 heteroatoms. The fraction of sp³-hybridized carbons (Fsp3) is 0.320. The Morgan fingerprint density at radius 3 is 2.44 bits per heavy atom. The van der Waals surface area contributed by atoms with Crippen LogP contribution in [0, 0.1) is 0 Å². The Balaban J connectivity index is 1.32. The molecular formula is C25H28N4O4S. The Labute approximate surface area is 203 Å². The maximum absolute atomic E-state index is 13.1. The number of nitrogens with one attached hydrogen (secondary N) is 1. The molecule has 34 heavy (non-hydrogen) atoms. The van der Waals surface area contributed by atoms with Crippen LogP contribution in [-0.2, 0) is 9.53 Å². The average Bonchev–Trinajstić information content (AvgIpc) is 3.35. The van der Waals surface area contributed by atoms with E-state index in [0.717, 1.165) is 26.9 Å². The van der Waals surface area contributed by atoms with Gasteiger partial charge in [0.2, 0.25) is 5.91 Å². The van der Waals surface area contributed by atoms with Crippen LogP contribution >= 0.6 is 11.3 Å². The van der Waals surface area contributed by atoms with E-state index >= 15 is 0 Å². The number of thiophene rings is 1. The summed E-state index contributed by atoms with van der Waals surface area (Å²) in [6, 6.07) is 15.5. The van der Waals surface area contributed by atoms with Gasteiger partial charge in [-0.25, -0.2) is 4.98 Å². The number of nitrogens with zero attached hydrogens (tertiary/aromatic N) is 3. The molecule has 2 amide bonds. The zero-order chi connectivity index (χ0) is 23.9. The second-order valence-electron chi connectivity index (χ2n) is 7.79. The van der Waals surface area contributed by atoms with Crippen molar-refractivity contribution in [2.75, 3.05) is 56.7 Å². The largest absolute Gasteiger partial charge is 0.494 e. The minimum absolute atomic E-state index is 0.00364. The Kier molecular flexibility index (Phi) is 7.76. The standard InChI is InChI=1S/C25H28N4O4S/c1-3-33-20-7-4-18(5-8-20)21-9-10-22(34-21)25(31)29-14-12-28(13-15-29)23-11-6-19(16-26-23)27-24(30)17-32-2/h4-11,16H,3,12-15,17H2,1-2H3,(H,27,30). The number of piperazine rings is 1. The number of benzene rings is 1. The second-order valence-corrected chi connectivity index (χ2v) is 8.87. The number of hydrogen-bond donors (Lipinski definition) is 1. The van der Waals surface area contributed by atoms with Crippen molar-refractivity contribution in [3.05, 3.63) is 59.6 Å². The highest BCUT2D eigenvalue weighted by atomic mass is 32.1. The van der Waals surface area contributed by atoms with Crippen LogP contribution in [0.4, 0.5) is 11.5 Å². The van der Waals surface area contributed by atoms with E-state index in [4.69, 9.17) is 9.47 Å². The molecule has 2 aromatic heterocycles. The van der Waals surface area contributed by atoms with Gasteiger partial charge in [0.15, 0.2) is 0 Å². The van der Waals surface area contributed by atoms with Crippen LogP contribution < -0.4 is 15.0 Å². The van der Waals surface area contributed by atoms with Crippen molar-refractivity contribution in [1.29, 1.82) is 0 Å². The molecule has 0 radical (unpaired) electrons. The van der Waals surface area contributed by atoms with Crippen LogP contribution in [0.15, 0.2) is 54.7 Å².